The molecule has 25 heavy (non-hydrogen) atoms. The van der Waals surface area contributed by atoms with E-state index in [2.05, 4.69) is 5.10 Å². The number of hydrogen-bond donors (Lipinski definition) is 0. The maximum absolute atomic E-state index is 12.6. The zero-order valence-corrected chi connectivity index (χ0v) is 15.5. The van der Waals surface area contributed by atoms with Crippen molar-refractivity contribution in [3.05, 3.63) is 50.4 Å². The predicted octanol–water partition coefficient (Wildman–Crippen LogP) is 2.52. The Balaban J connectivity index is 1.95. The number of aromatic nitrogens is 2. The van der Waals surface area contributed by atoms with E-state index in [0.29, 0.717) is 36.0 Å². The molecular formula is C17H18Cl2N4O2. The minimum absolute atomic E-state index is 0.0133. The van der Waals surface area contributed by atoms with Gasteiger partial charge < -0.3 is 9.80 Å². The molecule has 1 aromatic carbocycles. The second kappa shape index (κ2) is 7.06. The van der Waals surface area contributed by atoms with Crippen LogP contribution in [0.25, 0.3) is 5.69 Å². The highest BCUT2D eigenvalue weighted by Gasteiger charge is 2.25. The largest absolute Gasteiger partial charge is 0.358 e. The molecule has 0 N–H and O–H groups in total. The molecule has 1 fully saturated rings. The molecule has 6 nitrogen and oxygen atoms in total. The molecule has 0 bridgehead atoms. The van der Waals surface area contributed by atoms with Gasteiger partial charge in [0.1, 0.15) is 5.02 Å². The highest BCUT2D eigenvalue weighted by Crippen LogP contribution is 2.24. The highest BCUT2D eigenvalue weighted by molar-refractivity contribution is 6.33. The molecule has 0 unspecified atom stereocenters. The minimum Gasteiger partial charge on any atom is -0.358 e. The molecule has 0 spiro atoms. The SMILES string of the molecule is CCN1CCN(c2cnn(-c3ccc(C)c(Cl)c3)c(=O)c2Cl)CC1=O. The summed E-state index contributed by atoms with van der Waals surface area (Å²) >= 11 is 12.4. The van der Waals surface area contributed by atoms with Gasteiger partial charge >= 0.3 is 0 Å². The van der Waals surface area contributed by atoms with Crippen molar-refractivity contribution in [1.82, 2.24) is 14.7 Å². The summed E-state index contributed by atoms with van der Waals surface area (Å²) in [5.41, 5.74) is 1.49. The Bertz CT molecular complexity index is 881. The van der Waals surface area contributed by atoms with Gasteiger partial charge in [-0.1, -0.05) is 29.3 Å². The molecule has 3 rings (SSSR count). The molecule has 2 heterocycles. The molecule has 0 aliphatic carbocycles. The number of piperazine rings is 1. The number of nitrogens with zero attached hydrogens (tertiary/aromatic N) is 4. The van der Waals surface area contributed by atoms with E-state index in [1.807, 2.05) is 19.9 Å². The number of benzene rings is 1. The summed E-state index contributed by atoms with van der Waals surface area (Å²) in [5.74, 6) is 0.0133. The maximum atomic E-state index is 12.6. The summed E-state index contributed by atoms with van der Waals surface area (Å²) in [5, 5.41) is 4.81. The van der Waals surface area contributed by atoms with Crippen molar-refractivity contribution < 1.29 is 4.79 Å². The van der Waals surface area contributed by atoms with Crippen LogP contribution in [0.4, 0.5) is 5.69 Å². The van der Waals surface area contributed by atoms with Gasteiger partial charge in [0.05, 0.1) is 24.1 Å². The van der Waals surface area contributed by atoms with Gasteiger partial charge in [-0.05, 0) is 31.5 Å². The second-order valence-corrected chi connectivity index (χ2v) is 6.67. The Morgan fingerprint density at radius 3 is 2.60 bits per heavy atom. The van der Waals surface area contributed by atoms with E-state index < -0.39 is 5.56 Å². The number of carbonyl (C=O) groups excluding carboxylic acids is 1. The lowest BCUT2D eigenvalue weighted by molar-refractivity contribution is -0.130. The fourth-order valence-electron chi connectivity index (χ4n) is 2.79. The fourth-order valence-corrected chi connectivity index (χ4v) is 3.21. The van der Waals surface area contributed by atoms with Gasteiger partial charge in [0.25, 0.3) is 5.56 Å². The zero-order valence-electron chi connectivity index (χ0n) is 14.0. The molecule has 1 aliphatic rings. The third-order valence-electron chi connectivity index (χ3n) is 4.34. The predicted molar refractivity (Wildman–Crippen MR) is 99.1 cm³/mol. The lowest BCUT2D eigenvalue weighted by atomic mass is 10.2. The van der Waals surface area contributed by atoms with E-state index in [4.69, 9.17) is 23.2 Å². The lowest BCUT2D eigenvalue weighted by Gasteiger charge is -2.35. The number of rotatable bonds is 3. The average Bonchev–Trinajstić information content (AvgIpc) is 2.60. The Morgan fingerprint density at radius 2 is 1.96 bits per heavy atom. The summed E-state index contributed by atoms with van der Waals surface area (Å²) in [4.78, 5) is 28.3. The van der Waals surface area contributed by atoms with Crippen molar-refractivity contribution in [2.24, 2.45) is 0 Å². The van der Waals surface area contributed by atoms with E-state index in [-0.39, 0.29) is 17.5 Å². The molecule has 1 aromatic heterocycles. The van der Waals surface area contributed by atoms with Crippen LogP contribution >= 0.6 is 23.2 Å². The number of halogens is 2. The molecule has 0 radical (unpaired) electrons. The summed E-state index contributed by atoms with van der Waals surface area (Å²) in [6.07, 6.45) is 1.52. The van der Waals surface area contributed by atoms with E-state index in [1.165, 1.54) is 10.9 Å². The van der Waals surface area contributed by atoms with Crippen molar-refractivity contribution in [3.63, 3.8) is 0 Å². The topological polar surface area (TPSA) is 58.4 Å². The van der Waals surface area contributed by atoms with Crippen molar-refractivity contribution >= 4 is 34.8 Å². The molecule has 132 valence electrons. The summed E-state index contributed by atoms with van der Waals surface area (Å²) in [6.45, 7) is 5.90. The Labute approximate surface area is 155 Å². The molecule has 0 saturated carbocycles. The monoisotopic (exact) mass is 380 g/mol. The molecule has 8 heteroatoms. The third kappa shape index (κ3) is 3.37. The number of likely N-dealkylation sites (N-methyl/N-ethyl adjacent to an activating group) is 1. The minimum atomic E-state index is -0.440. The number of amides is 1. The van der Waals surface area contributed by atoms with Crippen LogP contribution in [0.3, 0.4) is 0 Å². The molecule has 1 saturated heterocycles. The first-order chi connectivity index (χ1) is 11.9. The number of hydrogen-bond acceptors (Lipinski definition) is 4. The zero-order chi connectivity index (χ0) is 18.1. The van der Waals surface area contributed by atoms with Gasteiger partial charge in [0.15, 0.2) is 0 Å². The lowest BCUT2D eigenvalue weighted by Crippen LogP contribution is -2.50. The molecular weight excluding hydrogens is 363 g/mol. The van der Waals surface area contributed by atoms with Crippen LogP contribution in [0.1, 0.15) is 12.5 Å². The first-order valence-electron chi connectivity index (χ1n) is 7.99. The van der Waals surface area contributed by atoms with Crippen molar-refractivity contribution in [1.29, 1.82) is 0 Å². The van der Waals surface area contributed by atoms with Crippen LogP contribution in [-0.4, -0.2) is 46.8 Å². The van der Waals surface area contributed by atoms with E-state index in [9.17, 15) is 9.59 Å². The highest BCUT2D eigenvalue weighted by atomic mass is 35.5. The molecule has 1 amide bonds. The summed E-state index contributed by atoms with van der Waals surface area (Å²) in [6, 6.07) is 5.25. The van der Waals surface area contributed by atoms with Crippen LogP contribution in [0, 0.1) is 6.92 Å². The number of anilines is 1. The standard InChI is InChI=1S/C17H18Cl2N4O2/c1-3-21-6-7-22(10-15(21)24)14-9-20-23(17(25)16(14)19)12-5-4-11(2)13(18)8-12/h4-5,8-9H,3,6-7,10H2,1-2H3. The van der Waals surface area contributed by atoms with Gasteiger partial charge in [-0.3, -0.25) is 9.59 Å². The van der Waals surface area contributed by atoms with Crippen LogP contribution in [0.5, 0.6) is 0 Å². The van der Waals surface area contributed by atoms with Crippen molar-refractivity contribution in [2.45, 2.75) is 13.8 Å². The molecule has 2 aromatic rings. The van der Waals surface area contributed by atoms with Gasteiger partial charge in [0.2, 0.25) is 5.91 Å². The van der Waals surface area contributed by atoms with Crippen LogP contribution in [0.15, 0.2) is 29.2 Å². The fraction of sp³-hybridized carbons (Fsp3) is 0.353. The Hall–Kier alpha value is -2.05. The average molecular weight is 381 g/mol. The maximum Gasteiger partial charge on any atom is 0.292 e. The van der Waals surface area contributed by atoms with E-state index in [1.54, 1.807) is 21.9 Å². The number of aryl methyl sites for hydroxylation is 1. The number of carbonyl (C=O) groups is 1. The van der Waals surface area contributed by atoms with Crippen molar-refractivity contribution in [3.8, 4) is 5.69 Å². The summed E-state index contributed by atoms with van der Waals surface area (Å²) in [7, 11) is 0. The third-order valence-corrected chi connectivity index (χ3v) is 5.10. The van der Waals surface area contributed by atoms with E-state index >= 15 is 0 Å². The van der Waals surface area contributed by atoms with Gasteiger partial charge in [-0.15, -0.1) is 0 Å². The molecule has 0 atom stereocenters. The van der Waals surface area contributed by atoms with Crippen LogP contribution < -0.4 is 10.5 Å². The Morgan fingerprint density at radius 1 is 1.20 bits per heavy atom. The first-order valence-corrected chi connectivity index (χ1v) is 8.75. The first kappa shape index (κ1) is 17.8. The molecule has 1 aliphatic heterocycles. The summed E-state index contributed by atoms with van der Waals surface area (Å²) < 4.78 is 1.21. The smallest absolute Gasteiger partial charge is 0.292 e. The second-order valence-electron chi connectivity index (χ2n) is 5.89. The van der Waals surface area contributed by atoms with Crippen LogP contribution in [0.2, 0.25) is 10.0 Å². The Kier molecular flexibility index (Phi) is 5.01. The normalized spacial score (nSPS) is 15.0. The van der Waals surface area contributed by atoms with Gasteiger partial charge in [-0.25, -0.2) is 0 Å². The van der Waals surface area contributed by atoms with Gasteiger partial charge in [-0.2, -0.15) is 9.78 Å². The van der Waals surface area contributed by atoms with Crippen molar-refractivity contribution in [2.75, 3.05) is 31.1 Å². The van der Waals surface area contributed by atoms with Gasteiger partial charge in [0, 0.05) is 24.7 Å². The quantitative estimate of drug-likeness (QED) is 0.820. The van der Waals surface area contributed by atoms with E-state index in [0.717, 1.165) is 5.56 Å². The van der Waals surface area contributed by atoms with Crippen LogP contribution in [-0.2, 0) is 4.79 Å².